The van der Waals surface area contributed by atoms with E-state index in [0.717, 1.165) is 16.5 Å². The highest BCUT2D eigenvalue weighted by Crippen LogP contribution is 2.21. The summed E-state index contributed by atoms with van der Waals surface area (Å²) in [4.78, 5) is 32.2. The highest BCUT2D eigenvalue weighted by molar-refractivity contribution is 5.93. The van der Waals surface area contributed by atoms with E-state index in [2.05, 4.69) is 10.3 Å². The lowest BCUT2D eigenvalue weighted by atomic mass is 10.2. The van der Waals surface area contributed by atoms with E-state index >= 15 is 0 Å². The maximum Gasteiger partial charge on any atom is 0.322 e. The topological polar surface area (TPSA) is 79.7 Å². The third-order valence-corrected chi connectivity index (χ3v) is 4.78. The molecule has 3 amide bonds. The molecule has 0 bridgehead atoms. The molecule has 2 aromatic heterocycles. The summed E-state index contributed by atoms with van der Waals surface area (Å²) in [5, 5.41) is 3.91. The Hall–Kier alpha value is -3.39. The van der Waals surface area contributed by atoms with Gasteiger partial charge in [-0.1, -0.05) is 6.07 Å². The second kappa shape index (κ2) is 9.89. The minimum atomic E-state index is -0.211. The van der Waals surface area contributed by atoms with Crippen LogP contribution < -0.4 is 5.32 Å². The Labute approximate surface area is 176 Å². The molecule has 3 rings (SSSR count). The predicted octanol–water partition coefficient (Wildman–Crippen LogP) is 2.81. The van der Waals surface area contributed by atoms with Crippen LogP contribution in [0, 0.1) is 0 Å². The summed E-state index contributed by atoms with van der Waals surface area (Å²) in [5.41, 5.74) is 2.58. The van der Waals surface area contributed by atoms with Gasteiger partial charge in [-0.15, -0.1) is 0 Å². The van der Waals surface area contributed by atoms with Crippen LogP contribution in [-0.2, 0) is 22.6 Å². The van der Waals surface area contributed by atoms with Crippen LogP contribution in [0.5, 0.6) is 0 Å². The number of nitrogens with one attached hydrogen (secondary N) is 1. The number of hydrogen-bond acceptors (Lipinski definition) is 4. The van der Waals surface area contributed by atoms with Crippen LogP contribution in [0.15, 0.2) is 55.0 Å². The highest BCUT2D eigenvalue weighted by atomic mass is 16.5. The minimum absolute atomic E-state index is 0.0223. The Balaban J connectivity index is 1.72. The first-order valence-corrected chi connectivity index (χ1v) is 9.70. The van der Waals surface area contributed by atoms with Crippen LogP contribution in [0.2, 0.25) is 0 Å². The van der Waals surface area contributed by atoms with Gasteiger partial charge in [-0.05, 0) is 35.9 Å². The smallest absolute Gasteiger partial charge is 0.322 e. The molecular formula is C22H27N5O3. The molecule has 2 heterocycles. The van der Waals surface area contributed by atoms with Gasteiger partial charge in [0, 0.05) is 69.5 Å². The van der Waals surface area contributed by atoms with E-state index in [1.807, 2.05) is 47.2 Å². The first-order valence-electron chi connectivity index (χ1n) is 9.70. The van der Waals surface area contributed by atoms with E-state index in [1.54, 1.807) is 43.4 Å². The number of amides is 3. The van der Waals surface area contributed by atoms with Gasteiger partial charge in [-0.25, -0.2) is 4.79 Å². The van der Waals surface area contributed by atoms with Crippen LogP contribution in [0.4, 0.5) is 10.5 Å². The summed E-state index contributed by atoms with van der Waals surface area (Å²) in [6.07, 6.45) is 5.33. The molecule has 3 aromatic rings. The molecule has 0 unspecified atom stereocenters. The minimum Gasteiger partial charge on any atom is -0.383 e. The van der Waals surface area contributed by atoms with Crippen LogP contribution >= 0.6 is 0 Å². The number of aromatic nitrogens is 2. The zero-order chi connectivity index (χ0) is 21.5. The van der Waals surface area contributed by atoms with Gasteiger partial charge in [0.2, 0.25) is 5.91 Å². The Morgan fingerprint density at radius 2 is 2.03 bits per heavy atom. The molecule has 0 saturated carbocycles. The summed E-state index contributed by atoms with van der Waals surface area (Å²) >= 11 is 0. The van der Waals surface area contributed by atoms with Crippen molar-refractivity contribution >= 4 is 28.5 Å². The van der Waals surface area contributed by atoms with Gasteiger partial charge in [-0.2, -0.15) is 0 Å². The number of carbonyl (C=O) groups excluding carboxylic acids is 2. The maximum absolute atomic E-state index is 12.9. The predicted molar refractivity (Wildman–Crippen MR) is 116 cm³/mol. The maximum atomic E-state index is 12.9. The van der Waals surface area contributed by atoms with Gasteiger partial charge in [0.15, 0.2) is 0 Å². The number of pyridine rings is 1. The average molecular weight is 409 g/mol. The third-order valence-electron chi connectivity index (χ3n) is 4.78. The number of ether oxygens (including phenoxy) is 1. The number of benzene rings is 1. The summed E-state index contributed by atoms with van der Waals surface area (Å²) < 4.78 is 7.05. The first kappa shape index (κ1) is 21.3. The van der Waals surface area contributed by atoms with Gasteiger partial charge >= 0.3 is 6.03 Å². The van der Waals surface area contributed by atoms with E-state index in [0.29, 0.717) is 25.4 Å². The molecule has 1 aromatic carbocycles. The fraction of sp³-hybridized carbons (Fsp3) is 0.318. The Kier molecular flexibility index (Phi) is 7.03. The summed E-state index contributed by atoms with van der Waals surface area (Å²) in [6.45, 7) is 1.62. The van der Waals surface area contributed by atoms with Crippen molar-refractivity contribution in [1.82, 2.24) is 19.4 Å². The largest absolute Gasteiger partial charge is 0.383 e. The molecule has 0 atom stereocenters. The van der Waals surface area contributed by atoms with Crippen LogP contribution in [0.25, 0.3) is 10.9 Å². The molecule has 0 fully saturated rings. The lowest BCUT2D eigenvalue weighted by Gasteiger charge is -2.23. The fourth-order valence-electron chi connectivity index (χ4n) is 3.07. The number of carbonyl (C=O) groups is 2. The molecule has 8 heteroatoms. The second-order valence-electron chi connectivity index (χ2n) is 7.21. The molecule has 30 heavy (non-hydrogen) atoms. The quantitative estimate of drug-likeness (QED) is 0.620. The Morgan fingerprint density at radius 1 is 1.20 bits per heavy atom. The zero-order valence-corrected chi connectivity index (χ0v) is 17.5. The fourth-order valence-corrected chi connectivity index (χ4v) is 3.07. The number of hydrogen-bond donors (Lipinski definition) is 1. The van der Waals surface area contributed by atoms with Crippen molar-refractivity contribution < 1.29 is 14.3 Å². The molecule has 0 aliphatic carbocycles. The number of likely N-dealkylation sites (N-methyl/N-ethyl adjacent to an activating group) is 1. The van der Waals surface area contributed by atoms with Crippen LogP contribution in [0.1, 0.15) is 5.56 Å². The summed E-state index contributed by atoms with van der Waals surface area (Å²) in [7, 11) is 5.09. The van der Waals surface area contributed by atoms with Crippen molar-refractivity contribution in [2.75, 3.05) is 39.7 Å². The number of rotatable bonds is 8. The van der Waals surface area contributed by atoms with Gasteiger partial charge in [0.05, 0.1) is 6.61 Å². The third kappa shape index (κ3) is 5.36. The molecule has 1 N–H and O–H groups in total. The highest BCUT2D eigenvalue weighted by Gasteiger charge is 2.15. The zero-order valence-electron chi connectivity index (χ0n) is 17.5. The van der Waals surface area contributed by atoms with Crippen LogP contribution in [-0.4, -0.2) is 65.6 Å². The van der Waals surface area contributed by atoms with Crippen molar-refractivity contribution in [1.29, 1.82) is 0 Å². The van der Waals surface area contributed by atoms with E-state index < -0.39 is 0 Å². The van der Waals surface area contributed by atoms with Crippen molar-refractivity contribution in [3.05, 3.63) is 60.6 Å². The van der Waals surface area contributed by atoms with Crippen molar-refractivity contribution in [2.45, 2.75) is 13.1 Å². The monoisotopic (exact) mass is 409 g/mol. The second-order valence-corrected chi connectivity index (χ2v) is 7.21. The number of methoxy groups -OCH3 is 1. The molecule has 0 aliphatic rings. The molecule has 0 radical (unpaired) electrons. The molecule has 0 spiro atoms. The lowest BCUT2D eigenvalue weighted by Crippen LogP contribution is -2.36. The lowest BCUT2D eigenvalue weighted by molar-refractivity contribution is -0.129. The number of nitrogens with zero attached hydrogens (tertiary/aromatic N) is 4. The van der Waals surface area contributed by atoms with Crippen molar-refractivity contribution in [3.63, 3.8) is 0 Å². The Morgan fingerprint density at radius 3 is 2.73 bits per heavy atom. The van der Waals surface area contributed by atoms with Gasteiger partial charge in [0.25, 0.3) is 0 Å². The average Bonchev–Trinajstić information content (AvgIpc) is 3.13. The standard InChI is InChI=1S/C22H27N5O3/c1-25(2)21(28)16-26-10-8-18-13-19(6-7-20(18)26)24-22(29)27(11-12-30-3)15-17-5-4-9-23-14-17/h4-10,13-14H,11-12,15-16H2,1-3H3,(H,24,29). The molecule has 0 saturated heterocycles. The van der Waals surface area contributed by atoms with Gasteiger partial charge < -0.3 is 24.4 Å². The SMILES string of the molecule is COCCN(Cc1cccnc1)C(=O)Nc1ccc2c(ccn2CC(=O)N(C)C)c1. The first-order chi connectivity index (χ1) is 14.5. The molecule has 8 nitrogen and oxygen atoms in total. The summed E-state index contributed by atoms with van der Waals surface area (Å²) in [5.74, 6) is 0.0223. The summed E-state index contributed by atoms with van der Waals surface area (Å²) in [6, 6.07) is 11.2. The van der Waals surface area contributed by atoms with E-state index in [9.17, 15) is 9.59 Å². The molecule has 0 aliphatic heterocycles. The number of fused-ring (bicyclic) bond motifs is 1. The van der Waals surface area contributed by atoms with Gasteiger partial charge in [0.1, 0.15) is 6.54 Å². The normalized spacial score (nSPS) is 10.8. The van der Waals surface area contributed by atoms with E-state index in [4.69, 9.17) is 4.74 Å². The van der Waals surface area contributed by atoms with Crippen LogP contribution in [0.3, 0.4) is 0 Å². The van der Waals surface area contributed by atoms with E-state index in [-0.39, 0.29) is 18.5 Å². The Bertz CT molecular complexity index is 1000. The van der Waals surface area contributed by atoms with Gasteiger partial charge in [-0.3, -0.25) is 9.78 Å². The number of urea groups is 1. The molecular weight excluding hydrogens is 382 g/mol. The van der Waals surface area contributed by atoms with E-state index in [1.165, 1.54) is 0 Å². The molecule has 158 valence electrons. The number of anilines is 1. The van der Waals surface area contributed by atoms with Crippen molar-refractivity contribution in [3.8, 4) is 0 Å². The van der Waals surface area contributed by atoms with Crippen molar-refractivity contribution in [2.24, 2.45) is 0 Å².